The number of amidine groups is 1. The molecule has 0 heterocycles. The van der Waals surface area contributed by atoms with Crippen LogP contribution in [-0.2, 0) is 0 Å². The molecular weight excluding hydrogens is 215 g/mol. The van der Waals surface area contributed by atoms with Gasteiger partial charge in [-0.2, -0.15) is 0 Å². The van der Waals surface area contributed by atoms with Crippen molar-refractivity contribution in [3.05, 3.63) is 30.3 Å². The van der Waals surface area contributed by atoms with Crippen LogP contribution in [0, 0.1) is 0 Å². The molecule has 1 aromatic rings. The van der Waals surface area contributed by atoms with Crippen molar-refractivity contribution in [1.29, 1.82) is 0 Å². The third-order valence-electron chi connectivity index (χ3n) is 1.85. The molecule has 0 aliphatic rings. The van der Waals surface area contributed by atoms with Gasteiger partial charge in [-0.25, -0.2) is 0 Å². The third-order valence-corrected chi connectivity index (χ3v) is 2.98. The van der Waals surface area contributed by atoms with Gasteiger partial charge in [0.2, 0.25) is 0 Å². The standard InChI is InChI=1S/C13H21N2P/c1-10(2)14-13(15-11(3)4)16-12-8-6-5-7-9-12/h5-11,16H,1-4H3,(H,14,15). The van der Waals surface area contributed by atoms with E-state index in [9.17, 15) is 0 Å². The summed E-state index contributed by atoms with van der Waals surface area (Å²) in [7, 11) is 0.620. The fourth-order valence-corrected chi connectivity index (χ4v) is 2.61. The summed E-state index contributed by atoms with van der Waals surface area (Å²) in [6.45, 7) is 8.51. The van der Waals surface area contributed by atoms with Crippen molar-refractivity contribution in [3.8, 4) is 0 Å². The van der Waals surface area contributed by atoms with Crippen LogP contribution < -0.4 is 10.6 Å². The first kappa shape index (κ1) is 13.2. The lowest BCUT2D eigenvalue weighted by Crippen LogP contribution is -2.29. The lowest BCUT2D eigenvalue weighted by molar-refractivity contribution is 0.727. The van der Waals surface area contributed by atoms with Crippen LogP contribution >= 0.6 is 8.58 Å². The fraction of sp³-hybridized carbons (Fsp3) is 0.462. The zero-order valence-electron chi connectivity index (χ0n) is 10.5. The van der Waals surface area contributed by atoms with Crippen LogP contribution in [0.25, 0.3) is 0 Å². The zero-order valence-corrected chi connectivity index (χ0v) is 11.5. The van der Waals surface area contributed by atoms with Crippen molar-refractivity contribution in [2.45, 2.75) is 39.8 Å². The van der Waals surface area contributed by atoms with Crippen LogP contribution in [-0.4, -0.2) is 17.7 Å². The largest absolute Gasteiger partial charge is 0.368 e. The minimum atomic E-state index is 0.345. The molecule has 16 heavy (non-hydrogen) atoms. The minimum Gasteiger partial charge on any atom is -0.368 e. The number of benzene rings is 1. The van der Waals surface area contributed by atoms with Gasteiger partial charge in [0.25, 0.3) is 0 Å². The number of hydrogen-bond acceptors (Lipinski definition) is 1. The summed E-state index contributed by atoms with van der Waals surface area (Å²) >= 11 is 0. The summed E-state index contributed by atoms with van der Waals surface area (Å²) in [5, 5.41) is 4.75. The van der Waals surface area contributed by atoms with E-state index in [1.54, 1.807) is 0 Å². The highest BCUT2D eigenvalue weighted by Crippen LogP contribution is 2.12. The Labute approximate surface area is 100 Å². The Morgan fingerprint density at radius 3 is 2.25 bits per heavy atom. The van der Waals surface area contributed by atoms with E-state index in [0.29, 0.717) is 20.7 Å². The maximum atomic E-state index is 4.63. The summed E-state index contributed by atoms with van der Waals surface area (Å²) < 4.78 is 0. The molecule has 0 fully saturated rings. The molecule has 0 bridgehead atoms. The number of nitrogens with zero attached hydrogens (tertiary/aromatic N) is 1. The average Bonchev–Trinajstić information content (AvgIpc) is 2.16. The molecule has 1 rings (SSSR count). The van der Waals surface area contributed by atoms with Crippen molar-refractivity contribution < 1.29 is 0 Å². The third kappa shape index (κ3) is 5.27. The van der Waals surface area contributed by atoms with Crippen molar-refractivity contribution in [2.24, 2.45) is 4.99 Å². The van der Waals surface area contributed by atoms with E-state index in [1.807, 2.05) is 6.07 Å². The molecule has 0 amide bonds. The van der Waals surface area contributed by atoms with E-state index in [-0.39, 0.29) is 0 Å². The number of rotatable bonds is 4. The molecule has 0 aliphatic carbocycles. The summed E-state index contributed by atoms with van der Waals surface area (Å²) in [4.78, 5) is 4.63. The SMILES string of the molecule is CC(C)N=C(NC(C)C)Pc1ccccc1. The molecule has 0 radical (unpaired) electrons. The lowest BCUT2D eigenvalue weighted by atomic mass is 10.4. The Hall–Kier alpha value is -0.880. The van der Waals surface area contributed by atoms with Crippen LogP contribution in [0.2, 0.25) is 0 Å². The van der Waals surface area contributed by atoms with Gasteiger partial charge in [-0.3, -0.25) is 4.99 Å². The van der Waals surface area contributed by atoms with Crippen molar-refractivity contribution >= 4 is 19.5 Å². The van der Waals surface area contributed by atoms with Gasteiger partial charge < -0.3 is 5.32 Å². The monoisotopic (exact) mass is 236 g/mol. The molecule has 3 heteroatoms. The maximum absolute atomic E-state index is 4.63. The second kappa shape index (κ2) is 6.65. The molecule has 0 saturated heterocycles. The van der Waals surface area contributed by atoms with E-state index in [2.05, 4.69) is 62.3 Å². The van der Waals surface area contributed by atoms with E-state index in [1.165, 1.54) is 5.30 Å². The van der Waals surface area contributed by atoms with Crippen LogP contribution in [0.3, 0.4) is 0 Å². The molecule has 1 atom stereocenters. The molecule has 0 aliphatic heterocycles. The highest BCUT2D eigenvalue weighted by Gasteiger charge is 2.03. The summed E-state index contributed by atoms with van der Waals surface area (Å²) in [5.41, 5.74) is 1.11. The Kier molecular flexibility index (Phi) is 5.48. The first-order valence-electron chi connectivity index (χ1n) is 5.74. The fourth-order valence-electron chi connectivity index (χ4n) is 1.30. The molecule has 0 saturated carbocycles. The van der Waals surface area contributed by atoms with E-state index < -0.39 is 0 Å². The van der Waals surface area contributed by atoms with Crippen molar-refractivity contribution in [3.63, 3.8) is 0 Å². The first-order chi connectivity index (χ1) is 7.58. The molecule has 88 valence electrons. The average molecular weight is 236 g/mol. The zero-order chi connectivity index (χ0) is 12.0. The lowest BCUT2D eigenvalue weighted by Gasteiger charge is -2.14. The van der Waals surface area contributed by atoms with Crippen LogP contribution in [0.15, 0.2) is 35.3 Å². The maximum Gasteiger partial charge on any atom is 0.121 e. The van der Waals surface area contributed by atoms with E-state index >= 15 is 0 Å². The summed E-state index contributed by atoms with van der Waals surface area (Å²) in [5.74, 6) is 0. The molecule has 1 aromatic carbocycles. The van der Waals surface area contributed by atoms with Gasteiger partial charge >= 0.3 is 0 Å². The highest BCUT2D eigenvalue weighted by molar-refractivity contribution is 7.65. The van der Waals surface area contributed by atoms with Gasteiger partial charge in [-0.15, -0.1) is 0 Å². The molecular formula is C13H21N2P. The van der Waals surface area contributed by atoms with Gasteiger partial charge in [0.15, 0.2) is 0 Å². The molecule has 0 spiro atoms. The topological polar surface area (TPSA) is 24.4 Å². The molecule has 1 unspecified atom stereocenters. The van der Waals surface area contributed by atoms with Crippen molar-refractivity contribution in [1.82, 2.24) is 5.32 Å². The summed E-state index contributed by atoms with van der Waals surface area (Å²) in [6.07, 6.45) is 0. The Balaban J connectivity index is 2.71. The number of hydrogen-bond donors (Lipinski definition) is 1. The minimum absolute atomic E-state index is 0.345. The second-order valence-electron chi connectivity index (χ2n) is 4.36. The summed E-state index contributed by atoms with van der Waals surface area (Å²) in [6, 6.07) is 11.3. The molecule has 0 aromatic heterocycles. The molecule has 2 nitrogen and oxygen atoms in total. The second-order valence-corrected chi connectivity index (χ2v) is 5.66. The smallest absolute Gasteiger partial charge is 0.121 e. The number of aliphatic imine (C=N–C) groups is 1. The number of nitrogens with one attached hydrogen (secondary N) is 1. The van der Waals surface area contributed by atoms with Crippen molar-refractivity contribution in [2.75, 3.05) is 0 Å². The Morgan fingerprint density at radius 2 is 1.75 bits per heavy atom. The van der Waals surface area contributed by atoms with Gasteiger partial charge in [-0.1, -0.05) is 30.3 Å². The molecule has 1 N–H and O–H groups in total. The Bertz CT molecular complexity index is 331. The van der Waals surface area contributed by atoms with Gasteiger partial charge in [0.1, 0.15) is 5.58 Å². The highest BCUT2D eigenvalue weighted by atomic mass is 31.1. The normalized spacial score (nSPS) is 13.0. The van der Waals surface area contributed by atoms with Crippen LogP contribution in [0.5, 0.6) is 0 Å². The van der Waals surface area contributed by atoms with Crippen LogP contribution in [0.4, 0.5) is 0 Å². The predicted molar refractivity (Wildman–Crippen MR) is 75.2 cm³/mol. The van der Waals surface area contributed by atoms with E-state index in [4.69, 9.17) is 0 Å². The first-order valence-corrected chi connectivity index (χ1v) is 6.74. The van der Waals surface area contributed by atoms with Gasteiger partial charge in [0, 0.05) is 12.1 Å². The Morgan fingerprint density at radius 1 is 1.12 bits per heavy atom. The van der Waals surface area contributed by atoms with Gasteiger partial charge in [-0.05, 0) is 41.6 Å². The van der Waals surface area contributed by atoms with Crippen LogP contribution in [0.1, 0.15) is 27.7 Å². The quantitative estimate of drug-likeness (QED) is 0.485. The predicted octanol–water partition coefficient (Wildman–Crippen LogP) is 2.75. The van der Waals surface area contributed by atoms with Gasteiger partial charge in [0.05, 0.1) is 0 Å². The van der Waals surface area contributed by atoms with E-state index in [0.717, 1.165) is 5.58 Å².